The maximum absolute atomic E-state index is 13.5. The Morgan fingerprint density at radius 3 is 2.69 bits per heavy atom. The summed E-state index contributed by atoms with van der Waals surface area (Å²) in [6.45, 7) is 5.12. The molecule has 0 bridgehead atoms. The maximum Gasteiger partial charge on any atom is 0.222 e. The zero-order chi connectivity index (χ0) is 11.7. The van der Waals surface area contributed by atoms with Crippen molar-refractivity contribution in [3.63, 3.8) is 0 Å². The molecule has 0 radical (unpaired) electrons. The molecule has 1 aromatic rings. The van der Waals surface area contributed by atoms with Gasteiger partial charge in [-0.2, -0.15) is 4.98 Å². The molecule has 0 aromatic carbocycles. The van der Waals surface area contributed by atoms with Gasteiger partial charge in [0.1, 0.15) is 0 Å². The number of rotatable bonds is 1. The van der Waals surface area contributed by atoms with Crippen molar-refractivity contribution >= 4 is 11.8 Å². The summed E-state index contributed by atoms with van der Waals surface area (Å²) >= 11 is 0. The molecule has 2 rings (SSSR count). The predicted molar refractivity (Wildman–Crippen MR) is 58.6 cm³/mol. The first-order chi connectivity index (χ1) is 7.56. The molecule has 1 saturated heterocycles. The first kappa shape index (κ1) is 11.1. The van der Waals surface area contributed by atoms with Gasteiger partial charge in [0.05, 0.1) is 18.4 Å². The zero-order valence-corrected chi connectivity index (χ0v) is 9.35. The predicted octanol–water partition coefficient (Wildman–Crippen LogP) is 0.811. The third-order valence-corrected chi connectivity index (χ3v) is 2.46. The highest BCUT2D eigenvalue weighted by Crippen LogP contribution is 2.21. The van der Waals surface area contributed by atoms with Crippen molar-refractivity contribution in [2.24, 2.45) is 0 Å². The fourth-order valence-corrected chi connectivity index (χ4v) is 1.94. The van der Waals surface area contributed by atoms with Crippen LogP contribution in [0, 0.1) is 5.82 Å². The molecule has 2 N–H and O–H groups in total. The Hall–Kier alpha value is -1.43. The van der Waals surface area contributed by atoms with Crippen LogP contribution in [0.15, 0.2) is 6.20 Å². The summed E-state index contributed by atoms with van der Waals surface area (Å²) in [6.07, 6.45) is 1.21. The molecule has 0 saturated carbocycles. The van der Waals surface area contributed by atoms with Gasteiger partial charge in [-0.1, -0.05) is 0 Å². The van der Waals surface area contributed by atoms with E-state index >= 15 is 0 Å². The van der Waals surface area contributed by atoms with Crippen molar-refractivity contribution in [3.8, 4) is 0 Å². The molecular formula is C10H15FN4O. The zero-order valence-electron chi connectivity index (χ0n) is 9.35. The summed E-state index contributed by atoms with van der Waals surface area (Å²) in [4.78, 5) is 9.37. The number of morpholine rings is 1. The van der Waals surface area contributed by atoms with Gasteiger partial charge in [-0.25, -0.2) is 9.37 Å². The van der Waals surface area contributed by atoms with Crippen LogP contribution < -0.4 is 10.6 Å². The Morgan fingerprint density at radius 2 is 2.06 bits per heavy atom. The number of ether oxygens (including phenoxy) is 1. The second kappa shape index (κ2) is 4.21. The van der Waals surface area contributed by atoms with Crippen LogP contribution in [-0.2, 0) is 4.74 Å². The van der Waals surface area contributed by atoms with Gasteiger partial charge < -0.3 is 15.4 Å². The van der Waals surface area contributed by atoms with Crippen molar-refractivity contribution in [1.29, 1.82) is 0 Å². The second-order valence-corrected chi connectivity index (χ2v) is 4.06. The van der Waals surface area contributed by atoms with Gasteiger partial charge in [0.25, 0.3) is 0 Å². The third kappa shape index (κ3) is 2.21. The average Bonchev–Trinajstić information content (AvgIpc) is 2.20. The Balaban J connectivity index is 2.25. The minimum Gasteiger partial charge on any atom is -0.372 e. The fourth-order valence-electron chi connectivity index (χ4n) is 1.94. The molecule has 0 aliphatic carbocycles. The van der Waals surface area contributed by atoms with E-state index in [4.69, 9.17) is 10.5 Å². The number of halogens is 1. The van der Waals surface area contributed by atoms with Crippen molar-refractivity contribution in [1.82, 2.24) is 9.97 Å². The molecule has 1 aromatic heterocycles. The smallest absolute Gasteiger partial charge is 0.222 e. The van der Waals surface area contributed by atoms with E-state index in [-0.39, 0.29) is 24.0 Å². The van der Waals surface area contributed by atoms with Gasteiger partial charge in [-0.3, -0.25) is 0 Å². The maximum atomic E-state index is 13.5. The van der Waals surface area contributed by atoms with Crippen molar-refractivity contribution in [2.45, 2.75) is 26.1 Å². The fraction of sp³-hybridized carbons (Fsp3) is 0.600. The molecule has 1 aliphatic rings. The minimum absolute atomic E-state index is 0.0549. The van der Waals surface area contributed by atoms with E-state index in [1.54, 1.807) is 0 Å². The molecule has 0 amide bonds. The lowest BCUT2D eigenvalue weighted by atomic mass is 10.2. The van der Waals surface area contributed by atoms with Crippen molar-refractivity contribution in [2.75, 3.05) is 23.7 Å². The van der Waals surface area contributed by atoms with Crippen LogP contribution in [0.1, 0.15) is 13.8 Å². The molecule has 6 heteroatoms. The molecule has 1 aliphatic heterocycles. The lowest BCUT2D eigenvalue weighted by molar-refractivity contribution is -0.00565. The van der Waals surface area contributed by atoms with E-state index in [1.807, 2.05) is 18.7 Å². The Kier molecular flexibility index (Phi) is 2.91. The second-order valence-electron chi connectivity index (χ2n) is 4.06. The van der Waals surface area contributed by atoms with Crippen LogP contribution in [-0.4, -0.2) is 35.3 Å². The molecular weight excluding hydrogens is 211 g/mol. The number of aromatic nitrogens is 2. The first-order valence-corrected chi connectivity index (χ1v) is 5.24. The van der Waals surface area contributed by atoms with E-state index in [0.717, 1.165) is 6.20 Å². The highest BCUT2D eigenvalue weighted by Gasteiger charge is 2.25. The highest BCUT2D eigenvalue weighted by molar-refractivity contribution is 5.43. The van der Waals surface area contributed by atoms with Crippen LogP contribution in [0.5, 0.6) is 0 Å². The topological polar surface area (TPSA) is 64.3 Å². The summed E-state index contributed by atoms with van der Waals surface area (Å²) in [5, 5.41) is 0. The number of anilines is 2. The summed E-state index contributed by atoms with van der Waals surface area (Å²) in [5.74, 6) is -0.104. The van der Waals surface area contributed by atoms with E-state index in [9.17, 15) is 4.39 Å². The van der Waals surface area contributed by atoms with Crippen LogP contribution >= 0.6 is 0 Å². The standard InChI is InChI=1S/C10H15FN4O/c1-6-4-15(5-7(2)16-6)9-8(11)3-13-10(12)14-9/h3,6-7H,4-5H2,1-2H3,(H2,12,13,14)/t6-,7+. The van der Waals surface area contributed by atoms with Crippen molar-refractivity contribution in [3.05, 3.63) is 12.0 Å². The van der Waals surface area contributed by atoms with Crippen LogP contribution in [0.4, 0.5) is 16.2 Å². The number of nitrogens with two attached hydrogens (primary N) is 1. The summed E-state index contributed by atoms with van der Waals surface area (Å²) in [6, 6.07) is 0. The number of nitrogens with zero attached hydrogens (tertiary/aromatic N) is 3. The SMILES string of the molecule is C[C@@H]1CN(c2nc(N)ncc2F)C[C@H](C)O1. The number of hydrogen-bond donors (Lipinski definition) is 1. The van der Waals surface area contributed by atoms with E-state index < -0.39 is 5.82 Å². The monoisotopic (exact) mass is 226 g/mol. The minimum atomic E-state index is -0.449. The van der Waals surface area contributed by atoms with Gasteiger partial charge in [-0.05, 0) is 13.8 Å². The molecule has 88 valence electrons. The van der Waals surface area contributed by atoms with E-state index in [0.29, 0.717) is 13.1 Å². The van der Waals surface area contributed by atoms with Gasteiger partial charge >= 0.3 is 0 Å². The van der Waals surface area contributed by atoms with Gasteiger partial charge in [0, 0.05) is 13.1 Å². The Labute approximate surface area is 93.4 Å². The van der Waals surface area contributed by atoms with Crippen molar-refractivity contribution < 1.29 is 9.13 Å². The van der Waals surface area contributed by atoms with Crippen LogP contribution in [0.2, 0.25) is 0 Å². The average molecular weight is 226 g/mol. The lowest BCUT2D eigenvalue weighted by Gasteiger charge is -2.36. The largest absolute Gasteiger partial charge is 0.372 e. The third-order valence-electron chi connectivity index (χ3n) is 2.46. The molecule has 1 fully saturated rings. The Morgan fingerprint density at radius 1 is 1.44 bits per heavy atom. The normalized spacial score (nSPS) is 25.8. The molecule has 2 atom stereocenters. The molecule has 0 spiro atoms. The van der Waals surface area contributed by atoms with Gasteiger partial charge in [0.2, 0.25) is 5.95 Å². The number of nitrogen functional groups attached to an aromatic ring is 1. The van der Waals surface area contributed by atoms with Crippen LogP contribution in [0.3, 0.4) is 0 Å². The molecule has 0 unspecified atom stereocenters. The quantitative estimate of drug-likeness (QED) is 0.767. The van der Waals surface area contributed by atoms with Gasteiger partial charge in [-0.15, -0.1) is 0 Å². The first-order valence-electron chi connectivity index (χ1n) is 5.24. The van der Waals surface area contributed by atoms with E-state index in [1.165, 1.54) is 0 Å². The molecule has 16 heavy (non-hydrogen) atoms. The highest BCUT2D eigenvalue weighted by atomic mass is 19.1. The summed E-state index contributed by atoms with van der Waals surface area (Å²) in [7, 11) is 0. The summed E-state index contributed by atoms with van der Waals surface area (Å²) < 4.78 is 19.1. The molecule has 5 nitrogen and oxygen atoms in total. The van der Waals surface area contributed by atoms with Crippen LogP contribution in [0.25, 0.3) is 0 Å². The number of hydrogen-bond acceptors (Lipinski definition) is 5. The lowest BCUT2D eigenvalue weighted by Crippen LogP contribution is -2.46. The summed E-state index contributed by atoms with van der Waals surface area (Å²) in [5.41, 5.74) is 5.46. The molecule has 2 heterocycles. The Bertz CT molecular complexity index is 377. The van der Waals surface area contributed by atoms with Gasteiger partial charge in [0.15, 0.2) is 11.6 Å². The van der Waals surface area contributed by atoms with E-state index in [2.05, 4.69) is 9.97 Å².